The predicted molar refractivity (Wildman–Crippen MR) is 197 cm³/mol. The zero-order valence-electron chi connectivity index (χ0n) is 25.8. The second-order valence-corrected chi connectivity index (χ2v) is 12.0. The largest absolute Gasteiger partial charge is 0.310 e. The van der Waals surface area contributed by atoms with E-state index in [-0.39, 0.29) is 0 Å². The summed E-state index contributed by atoms with van der Waals surface area (Å²) >= 11 is 0. The van der Waals surface area contributed by atoms with Gasteiger partial charge in [0.05, 0.1) is 40.3 Å². The highest BCUT2D eigenvalue weighted by Crippen LogP contribution is 2.39. The minimum absolute atomic E-state index is 0.592. The summed E-state index contributed by atoms with van der Waals surface area (Å²) in [7, 11) is 0. The molecule has 0 amide bonds. The van der Waals surface area contributed by atoms with E-state index in [2.05, 4.69) is 154 Å². The number of hydrogen-bond acceptors (Lipinski definition) is 1. The fraction of sp³-hybridized carbons (Fsp3) is 0. The molecule has 0 saturated carbocycles. The number of para-hydroxylation sites is 4. The highest BCUT2D eigenvalue weighted by atomic mass is 15.0. The van der Waals surface area contributed by atoms with Crippen LogP contribution in [0.2, 0.25) is 0 Å². The van der Waals surface area contributed by atoms with Crippen LogP contribution < -0.4 is 0 Å². The van der Waals surface area contributed by atoms with E-state index in [1.165, 1.54) is 21.5 Å². The molecule has 0 unspecified atom stereocenters. The molecule has 0 atom stereocenters. The molecule has 48 heavy (non-hydrogen) atoms. The topological polar surface area (TPSA) is 38.0 Å². The van der Waals surface area contributed by atoms with Crippen LogP contribution in [0.4, 0.5) is 5.69 Å². The lowest BCUT2D eigenvalue weighted by Crippen LogP contribution is -1.97. The van der Waals surface area contributed by atoms with E-state index in [0.717, 1.165) is 55.7 Å². The Morgan fingerprint density at radius 2 is 0.938 bits per heavy atom. The van der Waals surface area contributed by atoms with Gasteiger partial charge in [-0.25, -0.2) is 4.85 Å². The smallest absolute Gasteiger partial charge is 0.189 e. The van der Waals surface area contributed by atoms with Gasteiger partial charge in [0.15, 0.2) is 5.69 Å². The molecule has 0 aliphatic carbocycles. The van der Waals surface area contributed by atoms with E-state index in [9.17, 15) is 5.26 Å². The summed E-state index contributed by atoms with van der Waals surface area (Å²) in [6, 6.07) is 56.6. The molecule has 2 heterocycles. The maximum absolute atomic E-state index is 10.3. The monoisotopic (exact) mass is 610 g/mol. The molecule has 0 bridgehead atoms. The van der Waals surface area contributed by atoms with Gasteiger partial charge in [0.1, 0.15) is 0 Å². The first-order valence-corrected chi connectivity index (χ1v) is 15.9. The Bertz CT molecular complexity index is 2690. The molecule has 2 aromatic heterocycles. The Labute approximate surface area is 277 Å². The summed E-state index contributed by atoms with van der Waals surface area (Å²) in [5, 5.41) is 15.1. The van der Waals surface area contributed by atoms with Crippen molar-refractivity contribution in [1.29, 1.82) is 5.26 Å². The molecular formula is C44H26N4. The average molecular weight is 611 g/mol. The van der Waals surface area contributed by atoms with Crippen molar-refractivity contribution in [3.63, 3.8) is 0 Å². The summed E-state index contributed by atoms with van der Waals surface area (Å²) in [5.74, 6) is 0. The predicted octanol–water partition coefficient (Wildman–Crippen LogP) is 11.6. The molecule has 4 nitrogen and oxygen atoms in total. The number of nitriles is 1. The summed E-state index contributed by atoms with van der Waals surface area (Å²) in [4.78, 5) is 3.77. The van der Waals surface area contributed by atoms with Crippen molar-refractivity contribution < 1.29 is 0 Å². The van der Waals surface area contributed by atoms with Gasteiger partial charge in [-0.2, -0.15) is 5.26 Å². The van der Waals surface area contributed by atoms with Gasteiger partial charge in [-0.1, -0.05) is 115 Å². The highest BCUT2D eigenvalue weighted by Gasteiger charge is 2.17. The number of fused-ring (bicyclic) bond motifs is 6. The van der Waals surface area contributed by atoms with Crippen molar-refractivity contribution in [2.45, 2.75) is 0 Å². The third-order valence-corrected chi connectivity index (χ3v) is 9.40. The molecule has 0 N–H and O–H groups in total. The van der Waals surface area contributed by atoms with Crippen molar-refractivity contribution in [3.05, 3.63) is 175 Å². The molecule has 7 aromatic carbocycles. The zero-order chi connectivity index (χ0) is 32.2. The van der Waals surface area contributed by atoms with Gasteiger partial charge in [0.25, 0.3) is 0 Å². The fourth-order valence-electron chi connectivity index (χ4n) is 7.25. The van der Waals surface area contributed by atoms with Crippen LogP contribution in [0.15, 0.2) is 158 Å². The number of nitrogens with zero attached hydrogens (tertiary/aromatic N) is 4. The molecule has 0 aliphatic heterocycles. The molecule has 0 aliphatic rings. The minimum Gasteiger partial charge on any atom is -0.310 e. The first kappa shape index (κ1) is 27.4. The Morgan fingerprint density at radius 1 is 0.479 bits per heavy atom. The number of rotatable bonds is 4. The van der Waals surface area contributed by atoms with E-state index in [1.54, 1.807) is 0 Å². The molecule has 0 saturated heterocycles. The Kier molecular flexibility index (Phi) is 6.22. The SMILES string of the molecule is [C-]#[N+]c1ccc(-c2ccc(-c3ccc(-n4c5ccccc5c5ccccc54)cc3C#N)cc2)c(-n2c3ccccc3c3ccccc32)c1. The van der Waals surface area contributed by atoms with E-state index >= 15 is 0 Å². The normalized spacial score (nSPS) is 11.3. The summed E-state index contributed by atoms with van der Waals surface area (Å²) < 4.78 is 4.51. The quantitative estimate of drug-likeness (QED) is 0.183. The molecule has 9 aromatic rings. The third kappa shape index (κ3) is 4.14. The third-order valence-electron chi connectivity index (χ3n) is 9.40. The Hall–Kier alpha value is -6.88. The van der Waals surface area contributed by atoms with Crippen molar-refractivity contribution in [2.75, 3.05) is 0 Å². The second kappa shape index (κ2) is 10.9. The maximum Gasteiger partial charge on any atom is 0.189 e. The van der Waals surface area contributed by atoms with Crippen LogP contribution in [0, 0.1) is 17.9 Å². The Morgan fingerprint density at radius 3 is 1.44 bits per heavy atom. The number of hydrogen-bond donors (Lipinski definition) is 0. The average Bonchev–Trinajstić information content (AvgIpc) is 3.67. The van der Waals surface area contributed by atoms with Crippen molar-refractivity contribution in [1.82, 2.24) is 9.13 Å². The second-order valence-electron chi connectivity index (χ2n) is 12.0. The summed E-state index contributed by atoms with van der Waals surface area (Å²) in [5.41, 5.74) is 11.5. The number of aromatic nitrogens is 2. The van der Waals surface area contributed by atoms with Crippen LogP contribution >= 0.6 is 0 Å². The molecule has 222 valence electrons. The van der Waals surface area contributed by atoms with Crippen LogP contribution in [-0.2, 0) is 0 Å². The van der Waals surface area contributed by atoms with Gasteiger partial charge in [0.2, 0.25) is 0 Å². The van der Waals surface area contributed by atoms with Gasteiger partial charge in [-0.05, 0) is 59.2 Å². The van der Waals surface area contributed by atoms with Gasteiger partial charge >= 0.3 is 0 Å². The van der Waals surface area contributed by atoms with Crippen molar-refractivity contribution >= 4 is 49.3 Å². The van der Waals surface area contributed by atoms with Crippen LogP contribution in [0.3, 0.4) is 0 Å². The lowest BCUT2D eigenvalue weighted by molar-refractivity contribution is 1.18. The molecule has 4 heteroatoms. The van der Waals surface area contributed by atoms with Crippen molar-refractivity contribution in [2.24, 2.45) is 0 Å². The molecular weight excluding hydrogens is 585 g/mol. The molecule has 0 fully saturated rings. The summed E-state index contributed by atoms with van der Waals surface area (Å²) in [6.07, 6.45) is 0. The molecule has 9 rings (SSSR count). The maximum atomic E-state index is 10.3. The van der Waals surface area contributed by atoms with E-state index < -0.39 is 0 Å². The Balaban J connectivity index is 1.16. The summed E-state index contributed by atoms with van der Waals surface area (Å²) in [6.45, 7) is 7.76. The van der Waals surface area contributed by atoms with E-state index in [0.29, 0.717) is 11.3 Å². The van der Waals surface area contributed by atoms with Gasteiger partial charge < -0.3 is 9.13 Å². The van der Waals surface area contributed by atoms with Crippen LogP contribution in [0.25, 0.3) is 82.1 Å². The van der Waals surface area contributed by atoms with Crippen LogP contribution in [0.5, 0.6) is 0 Å². The molecule has 0 spiro atoms. The van der Waals surface area contributed by atoms with Crippen molar-refractivity contribution in [3.8, 4) is 39.7 Å². The first-order valence-electron chi connectivity index (χ1n) is 15.9. The standard InChI is InChI=1S/C44H26N4/c1-46-32-22-24-35(44(27-32)48-42-16-8-4-12-38(42)39-13-5-9-17-43(39)48)30-20-18-29(19-21-30)34-25-23-33(26-31(34)28-45)47-40-14-6-2-10-36(40)37-11-3-7-15-41(37)47/h2-27H. The minimum atomic E-state index is 0.592. The first-order chi connectivity index (χ1) is 23.7. The highest BCUT2D eigenvalue weighted by molar-refractivity contribution is 6.10. The van der Waals surface area contributed by atoms with Gasteiger partial charge in [-0.15, -0.1) is 0 Å². The van der Waals surface area contributed by atoms with Crippen LogP contribution in [0.1, 0.15) is 5.56 Å². The van der Waals surface area contributed by atoms with Gasteiger partial charge in [-0.3, -0.25) is 0 Å². The number of benzene rings is 7. The fourth-order valence-corrected chi connectivity index (χ4v) is 7.25. The van der Waals surface area contributed by atoms with Gasteiger partial charge in [0, 0.05) is 38.5 Å². The lowest BCUT2D eigenvalue weighted by atomic mass is 9.96. The lowest BCUT2D eigenvalue weighted by Gasteiger charge is -2.16. The zero-order valence-corrected chi connectivity index (χ0v) is 25.8. The van der Waals surface area contributed by atoms with Crippen LogP contribution in [-0.4, -0.2) is 9.13 Å². The van der Waals surface area contributed by atoms with E-state index in [4.69, 9.17) is 6.57 Å². The van der Waals surface area contributed by atoms with E-state index in [1.807, 2.05) is 24.3 Å². The molecule has 0 radical (unpaired) electrons.